The van der Waals surface area contributed by atoms with Crippen LogP contribution in [0.3, 0.4) is 0 Å². The van der Waals surface area contributed by atoms with Gasteiger partial charge >= 0.3 is 0 Å². The Bertz CT molecular complexity index is 1330. The van der Waals surface area contributed by atoms with Crippen LogP contribution in [0.5, 0.6) is 11.5 Å². The molecule has 2 aliphatic rings. The van der Waals surface area contributed by atoms with E-state index >= 15 is 0 Å². The fraction of sp³-hybridized carbons (Fsp3) is 0.138. The molecule has 2 heterocycles. The van der Waals surface area contributed by atoms with E-state index in [2.05, 4.69) is 35.1 Å². The quantitative estimate of drug-likeness (QED) is 0.251. The Balaban J connectivity index is 1.23. The largest absolute Gasteiger partial charge is 0.473 e. The summed E-state index contributed by atoms with van der Waals surface area (Å²) in [5.41, 5.74) is 5.37. The van der Waals surface area contributed by atoms with E-state index in [1.165, 1.54) is 0 Å². The highest BCUT2D eigenvalue weighted by Gasteiger charge is 2.22. The number of carbonyl (C=O) groups is 1. The number of hydrogen-bond donors (Lipinski definition) is 2. The Kier molecular flexibility index (Phi) is 6.03. The number of fused-ring (bicyclic) bond motifs is 2. The number of ether oxygens (including phenoxy) is 2. The zero-order chi connectivity index (χ0) is 24.6. The maximum Gasteiger partial charge on any atom is 0.193 e. The van der Waals surface area contributed by atoms with Crippen LogP contribution in [0.25, 0.3) is 0 Å². The summed E-state index contributed by atoms with van der Waals surface area (Å²) in [7, 11) is 0. The molecular formula is C29H24N2O3S2. The monoisotopic (exact) mass is 512 g/mol. The second-order valence-corrected chi connectivity index (χ2v) is 9.98. The van der Waals surface area contributed by atoms with Crippen LogP contribution in [-0.4, -0.2) is 19.2 Å². The third-order valence-electron chi connectivity index (χ3n) is 6.55. The number of carbonyl (C=O) groups excluding carboxylic acids is 1. The molecule has 0 bridgehead atoms. The van der Waals surface area contributed by atoms with Gasteiger partial charge in [-0.15, -0.1) is 25.3 Å². The molecule has 2 aliphatic heterocycles. The van der Waals surface area contributed by atoms with Crippen molar-refractivity contribution in [3.05, 3.63) is 107 Å². The van der Waals surface area contributed by atoms with Crippen molar-refractivity contribution in [1.82, 2.24) is 0 Å². The van der Waals surface area contributed by atoms with Crippen LogP contribution in [0, 0.1) is 0 Å². The summed E-state index contributed by atoms with van der Waals surface area (Å²) >= 11 is 8.74. The molecule has 180 valence electrons. The van der Waals surface area contributed by atoms with E-state index < -0.39 is 0 Å². The summed E-state index contributed by atoms with van der Waals surface area (Å²) in [5.74, 6) is 1.61. The van der Waals surface area contributed by atoms with E-state index in [-0.39, 0.29) is 5.78 Å². The van der Waals surface area contributed by atoms with Crippen molar-refractivity contribution in [2.75, 3.05) is 23.3 Å². The van der Waals surface area contributed by atoms with Crippen LogP contribution in [0.1, 0.15) is 27.0 Å². The molecule has 7 heteroatoms. The molecule has 0 saturated carbocycles. The highest BCUT2D eigenvalue weighted by Crippen LogP contribution is 2.32. The lowest BCUT2D eigenvalue weighted by molar-refractivity contribution is 0.103. The molecule has 4 aromatic carbocycles. The van der Waals surface area contributed by atoms with Crippen LogP contribution < -0.4 is 19.3 Å². The van der Waals surface area contributed by atoms with E-state index in [0.29, 0.717) is 37.7 Å². The highest BCUT2D eigenvalue weighted by atomic mass is 32.1. The second kappa shape index (κ2) is 9.48. The predicted octanol–water partition coefficient (Wildman–Crippen LogP) is 6.21. The van der Waals surface area contributed by atoms with Gasteiger partial charge in [0.1, 0.15) is 11.5 Å². The third-order valence-corrected chi connectivity index (χ3v) is 7.15. The molecule has 0 N–H and O–H groups in total. The Morgan fingerprint density at radius 2 is 1.03 bits per heavy atom. The molecule has 0 amide bonds. The van der Waals surface area contributed by atoms with E-state index in [1.54, 1.807) is 0 Å². The van der Waals surface area contributed by atoms with Crippen LogP contribution in [0.4, 0.5) is 11.4 Å². The van der Waals surface area contributed by atoms with Crippen LogP contribution >= 0.6 is 25.3 Å². The number of anilines is 2. The van der Waals surface area contributed by atoms with Crippen LogP contribution in [-0.2, 0) is 13.1 Å². The number of nitrogens with zero attached hydrogens (tertiary/aromatic N) is 2. The first-order chi connectivity index (χ1) is 17.5. The van der Waals surface area contributed by atoms with Crippen LogP contribution in [0.15, 0.2) is 94.7 Å². The predicted molar refractivity (Wildman–Crippen MR) is 147 cm³/mol. The van der Waals surface area contributed by atoms with E-state index in [9.17, 15) is 4.79 Å². The van der Waals surface area contributed by atoms with Gasteiger partial charge in [-0.25, -0.2) is 0 Å². The fourth-order valence-corrected chi connectivity index (χ4v) is 4.89. The van der Waals surface area contributed by atoms with Gasteiger partial charge in [0, 0.05) is 56.5 Å². The third kappa shape index (κ3) is 4.52. The molecule has 0 unspecified atom stereocenters. The lowest BCUT2D eigenvalue weighted by Gasteiger charge is -2.31. The van der Waals surface area contributed by atoms with Gasteiger partial charge in [-0.2, -0.15) is 0 Å². The number of ketones is 1. The van der Waals surface area contributed by atoms with Gasteiger partial charge < -0.3 is 19.3 Å². The summed E-state index contributed by atoms with van der Waals surface area (Å²) in [5, 5.41) is 0. The van der Waals surface area contributed by atoms with Gasteiger partial charge in [0.15, 0.2) is 19.2 Å². The molecule has 0 radical (unpaired) electrons. The fourth-order valence-electron chi connectivity index (χ4n) is 4.59. The minimum absolute atomic E-state index is 0.0197. The van der Waals surface area contributed by atoms with Crippen molar-refractivity contribution in [2.24, 2.45) is 0 Å². The molecule has 0 atom stereocenters. The van der Waals surface area contributed by atoms with E-state index in [0.717, 1.165) is 43.8 Å². The second-order valence-electron chi connectivity index (χ2n) is 8.95. The maximum atomic E-state index is 13.5. The van der Waals surface area contributed by atoms with Crippen molar-refractivity contribution in [3.8, 4) is 11.5 Å². The lowest BCUT2D eigenvalue weighted by Crippen LogP contribution is -2.32. The lowest BCUT2D eigenvalue weighted by atomic mass is 9.98. The molecule has 0 aromatic heterocycles. The van der Waals surface area contributed by atoms with Gasteiger partial charge in [-0.1, -0.05) is 0 Å². The molecule has 4 aromatic rings. The average Bonchev–Trinajstić information content (AvgIpc) is 2.92. The zero-order valence-electron chi connectivity index (χ0n) is 19.4. The Morgan fingerprint density at radius 3 is 1.44 bits per heavy atom. The molecule has 5 nitrogen and oxygen atoms in total. The Labute approximate surface area is 221 Å². The first-order valence-electron chi connectivity index (χ1n) is 11.7. The van der Waals surface area contributed by atoms with Gasteiger partial charge in [-0.3, -0.25) is 4.79 Å². The smallest absolute Gasteiger partial charge is 0.193 e. The SMILES string of the molecule is O=C(c1ccc2c(c1)CN(c1ccc(S)cc1)CO2)c1ccc2c(c1)CN(c1ccc(S)cc1)CO2. The topological polar surface area (TPSA) is 42.0 Å². The van der Waals surface area contributed by atoms with Crippen LogP contribution in [0.2, 0.25) is 0 Å². The maximum absolute atomic E-state index is 13.5. The number of hydrogen-bond acceptors (Lipinski definition) is 7. The van der Waals surface area contributed by atoms with Gasteiger partial charge in [0.25, 0.3) is 0 Å². The average molecular weight is 513 g/mol. The molecule has 0 spiro atoms. The number of thiol groups is 2. The molecule has 0 saturated heterocycles. The molecule has 0 aliphatic carbocycles. The molecule has 6 rings (SSSR count). The first-order valence-corrected chi connectivity index (χ1v) is 12.6. The number of benzene rings is 4. The highest BCUT2D eigenvalue weighted by molar-refractivity contribution is 7.80. The van der Waals surface area contributed by atoms with E-state index in [1.807, 2.05) is 84.9 Å². The van der Waals surface area contributed by atoms with Crippen molar-refractivity contribution in [1.29, 1.82) is 0 Å². The summed E-state index contributed by atoms with van der Waals surface area (Å²) < 4.78 is 11.9. The van der Waals surface area contributed by atoms with Crippen molar-refractivity contribution in [2.45, 2.75) is 22.9 Å². The molecule has 36 heavy (non-hydrogen) atoms. The summed E-state index contributed by atoms with van der Waals surface area (Å²) in [6, 6.07) is 27.3. The first kappa shape index (κ1) is 22.9. The minimum Gasteiger partial charge on any atom is -0.473 e. The number of rotatable bonds is 4. The zero-order valence-corrected chi connectivity index (χ0v) is 21.2. The molecular weight excluding hydrogens is 488 g/mol. The van der Waals surface area contributed by atoms with Crippen molar-refractivity contribution in [3.63, 3.8) is 0 Å². The van der Waals surface area contributed by atoms with Crippen molar-refractivity contribution < 1.29 is 14.3 Å². The summed E-state index contributed by atoms with van der Waals surface area (Å²) in [6.07, 6.45) is 0. The standard InChI is InChI=1S/C29H24N2O3S2/c32-29(19-1-11-27-21(13-19)15-30(17-33-27)23-3-7-25(35)8-4-23)20-2-12-28-22(14-20)16-31(18-34-28)24-5-9-26(36)10-6-24/h1-14,35-36H,15-18H2. The Hall–Kier alpha value is -3.55. The van der Waals surface area contributed by atoms with Gasteiger partial charge in [0.05, 0.1) is 0 Å². The summed E-state index contributed by atoms with van der Waals surface area (Å²) in [4.78, 5) is 19.6. The van der Waals surface area contributed by atoms with Crippen molar-refractivity contribution >= 4 is 42.4 Å². The normalized spacial score (nSPS) is 14.4. The van der Waals surface area contributed by atoms with Gasteiger partial charge in [-0.05, 0) is 84.9 Å². The van der Waals surface area contributed by atoms with E-state index in [4.69, 9.17) is 9.47 Å². The minimum atomic E-state index is -0.0197. The molecule has 0 fully saturated rings. The van der Waals surface area contributed by atoms with Gasteiger partial charge in [0.2, 0.25) is 0 Å². The Morgan fingerprint density at radius 1 is 0.611 bits per heavy atom. The summed E-state index contributed by atoms with van der Waals surface area (Å²) in [6.45, 7) is 2.26.